The molecule has 0 aromatic carbocycles. The Hall–Kier alpha value is -1.65. The molecular formula is C13H11Cl2N3O. The number of aromatic nitrogens is 2. The zero-order valence-corrected chi connectivity index (χ0v) is 11.7. The van der Waals surface area contributed by atoms with Gasteiger partial charge >= 0.3 is 0 Å². The van der Waals surface area contributed by atoms with Crippen LogP contribution in [0.2, 0.25) is 10.2 Å². The van der Waals surface area contributed by atoms with E-state index in [2.05, 4.69) is 15.3 Å². The number of hydrogen-bond acceptors (Lipinski definition) is 3. The summed E-state index contributed by atoms with van der Waals surface area (Å²) in [6, 6.07) is 6.75. The van der Waals surface area contributed by atoms with Crippen molar-refractivity contribution in [3.8, 4) is 11.4 Å². The maximum Gasteiger partial charge on any atom is 0.224 e. The van der Waals surface area contributed by atoms with Crippen LogP contribution >= 0.6 is 23.2 Å². The molecule has 2 aromatic heterocycles. The first-order valence-electron chi connectivity index (χ1n) is 5.68. The third kappa shape index (κ3) is 3.43. The van der Waals surface area contributed by atoms with Crippen LogP contribution in [0.15, 0.2) is 30.5 Å². The summed E-state index contributed by atoms with van der Waals surface area (Å²) >= 11 is 11.7. The Kier molecular flexibility index (Phi) is 4.35. The van der Waals surface area contributed by atoms with E-state index in [9.17, 15) is 4.79 Å². The summed E-state index contributed by atoms with van der Waals surface area (Å²) < 4.78 is 0. The highest BCUT2D eigenvalue weighted by atomic mass is 35.5. The van der Waals surface area contributed by atoms with Gasteiger partial charge in [-0.3, -0.25) is 9.78 Å². The van der Waals surface area contributed by atoms with Crippen molar-refractivity contribution < 1.29 is 4.79 Å². The Morgan fingerprint density at radius 2 is 2.05 bits per heavy atom. The highest BCUT2D eigenvalue weighted by molar-refractivity contribution is 6.30. The van der Waals surface area contributed by atoms with Crippen LogP contribution < -0.4 is 5.32 Å². The highest BCUT2D eigenvalue weighted by Crippen LogP contribution is 2.27. The first kappa shape index (κ1) is 13.8. The van der Waals surface area contributed by atoms with Gasteiger partial charge in [0.25, 0.3) is 0 Å². The molecule has 6 heteroatoms. The van der Waals surface area contributed by atoms with E-state index in [1.165, 1.54) is 6.20 Å². The first-order chi connectivity index (χ1) is 9.10. The fourth-order valence-electron chi connectivity index (χ4n) is 1.49. The Morgan fingerprint density at radius 3 is 2.68 bits per heavy atom. The van der Waals surface area contributed by atoms with Crippen molar-refractivity contribution in [3.63, 3.8) is 0 Å². The lowest BCUT2D eigenvalue weighted by molar-refractivity contribution is -0.115. The molecule has 1 amide bonds. The van der Waals surface area contributed by atoms with Crippen molar-refractivity contribution >= 4 is 34.8 Å². The summed E-state index contributed by atoms with van der Waals surface area (Å²) in [5.41, 5.74) is 1.69. The summed E-state index contributed by atoms with van der Waals surface area (Å²) in [5.74, 6) is -0.0978. The average molecular weight is 296 g/mol. The number of rotatable bonds is 3. The molecule has 1 N–H and O–H groups in total. The molecular weight excluding hydrogens is 285 g/mol. The van der Waals surface area contributed by atoms with Gasteiger partial charge in [-0.1, -0.05) is 30.1 Å². The highest BCUT2D eigenvalue weighted by Gasteiger charge is 2.11. The van der Waals surface area contributed by atoms with Gasteiger partial charge in [0.05, 0.1) is 16.4 Å². The molecule has 0 saturated heterocycles. The van der Waals surface area contributed by atoms with E-state index in [0.29, 0.717) is 33.7 Å². The van der Waals surface area contributed by atoms with Crippen LogP contribution in [0.25, 0.3) is 11.4 Å². The van der Waals surface area contributed by atoms with Gasteiger partial charge in [0.1, 0.15) is 10.8 Å². The Labute approximate surface area is 120 Å². The van der Waals surface area contributed by atoms with Gasteiger partial charge in [-0.2, -0.15) is 0 Å². The van der Waals surface area contributed by atoms with E-state index in [-0.39, 0.29) is 5.91 Å². The molecule has 0 spiro atoms. The van der Waals surface area contributed by atoms with Crippen molar-refractivity contribution in [1.82, 2.24) is 9.97 Å². The zero-order valence-electron chi connectivity index (χ0n) is 10.2. The van der Waals surface area contributed by atoms with Gasteiger partial charge in [0.2, 0.25) is 5.91 Å². The number of carbonyl (C=O) groups is 1. The number of hydrogen-bond donors (Lipinski definition) is 1. The van der Waals surface area contributed by atoms with Crippen molar-refractivity contribution in [2.24, 2.45) is 0 Å². The molecule has 0 radical (unpaired) electrons. The molecule has 0 bridgehead atoms. The maximum absolute atomic E-state index is 11.5. The Balaban J connectivity index is 2.45. The van der Waals surface area contributed by atoms with Crippen LogP contribution in [0.5, 0.6) is 0 Å². The summed E-state index contributed by atoms with van der Waals surface area (Å²) in [5, 5.41) is 3.63. The quantitative estimate of drug-likeness (QED) is 0.876. The van der Waals surface area contributed by atoms with Crippen LogP contribution in [0.4, 0.5) is 5.69 Å². The van der Waals surface area contributed by atoms with Crippen LogP contribution in [0, 0.1) is 0 Å². The molecule has 98 valence electrons. The Morgan fingerprint density at radius 1 is 1.26 bits per heavy atom. The van der Waals surface area contributed by atoms with Crippen LogP contribution in [0.3, 0.4) is 0 Å². The number of anilines is 1. The number of pyridine rings is 2. The van der Waals surface area contributed by atoms with Gasteiger partial charge in [-0.05, 0) is 24.3 Å². The second-order valence-corrected chi connectivity index (χ2v) is 4.62. The molecule has 0 atom stereocenters. The van der Waals surface area contributed by atoms with Gasteiger partial charge in [0.15, 0.2) is 0 Å². The topological polar surface area (TPSA) is 54.9 Å². The summed E-state index contributed by atoms with van der Waals surface area (Å²) in [4.78, 5) is 19.9. The van der Waals surface area contributed by atoms with E-state index in [1.807, 2.05) is 0 Å². The number of carbonyl (C=O) groups excluding carboxylic acids is 1. The van der Waals surface area contributed by atoms with Crippen LogP contribution in [-0.2, 0) is 4.79 Å². The monoisotopic (exact) mass is 295 g/mol. The standard InChI is InChI=1S/C13H11Cl2N3O/c1-2-12(19)17-10-5-6-11(15)18-13(10)9-4-3-8(14)7-16-9/h3-7H,2H2,1H3,(H,17,19). The molecule has 4 nitrogen and oxygen atoms in total. The van der Waals surface area contributed by atoms with Crippen molar-refractivity contribution in [1.29, 1.82) is 0 Å². The molecule has 0 unspecified atom stereocenters. The maximum atomic E-state index is 11.5. The van der Waals surface area contributed by atoms with Crippen molar-refractivity contribution in [2.45, 2.75) is 13.3 Å². The molecule has 2 aromatic rings. The minimum Gasteiger partial charge on any atom is -0.324 e. The molecule has 0 aliphatic heterocycles. The number of halogens is 2. The van der Waals surface area contributed by atoms with Gasteiger partial charge < -0.3 is 5.32 Å². The van der Waals surface area contributed by atoms with Crippen molar-refractivity contribution in [2.75, 3.05) is 5.32 Å². The van der Waals surface area contributed by atoms with E-state index < -0.39 is 0 Å². The zero-order chi connectivity index (χ0) is 13.8. The van der Waals surface area contributed by atoms with Gasteiger partial charge in [-0.25, -0.2) is 4.98 Å². The summed E-state index contributed by atoms with van der Waals surface area (Å²) in [6.07, 6.45) is 1.90. The fraction of sp³-hybridized carbons (Fsp3) is 0.154. The van der Waals surface area contributed by atoms with E-state index in [0.717, 1.165) is 0 Å². The molecule has 19 heavy (non-hydrogen) atoms. The molecule has 0 fully saturated rings. The van der Waals surface area contributed by atoms with E-state index in [1.54, 1.807) is 31.2 Å². The number of nitrogens with zero attached hydrogens (tertiary/aromatic N) is 2. The fourth-order valence-corrected chi connectivity index (χ4v) is 1.75. The Bertz CT molecular complexity index is 599. The minimum atomic E-state index is -0.0978. The molecule has 2 heterocycles. The lowest BCUT2D eigenvalue weighted by Crippen LogP contribution is -2.11. The predicted octanol–water partition coefficient (Wildman–Crippen LogP) is 3.80. The number of amides is 1. The molecule has 0 aliphatic rings. The molecule has 0 aliphatic carbocycles. The van der Waals surface area contributed by atoms with E-state index >= 15 is 0 Å². The third-order valence-electron chi connectivity index (χ3n) is 2.43. The minimum absolute atomic E-state index is 0.0978. The van der Waals surface area contributed by atoms with Gasteiger partial charge in [0, 0.05) is 12.6 Å². The average Bonchev–Trinajstić information content (AvgIpc) is 2.41. The SMILES string of the molecule is CCC(=O)Nc1ccc(Cl)nc1-c1ccc(Cl)cn1. The predicted molar refractivity (Wildman–Crippen MR) is 76.4 cm³/mol. The second-order valence-electron chi connectivity index (χ2n) is 3.79. The molecule has 2 rings (SSSR count). The second kappa shape index (κ2) is 5.99. The third-order valence-corrected chi connectivity index (χ3v) is 2.86. The van der Waals surface area contributed by atoms with E-state index in [4.69, 9.17) is 23.2 Å². The lowest BCUT2D eigenvalue weighted by atomic mass is 10.2. The normalized spacial score (nSPS) is 10.3. The van der Waals surface area contributed by atoms with Crippen LogP contribution in [0.1, 0.15) is 13.3 Å². The smallest absolute Gasteiger partial charge is 0.224 e. The van der Waals surface area contributed by atoms with Gasteiger partial charge in [-0.15, -0.1) is 0 Å². The number of nitrogens with one attached hydrogen (secondary N) is 1. The van der Waals surface area contributed by atoms with Crippen molar-refractivity contribution in [3.05, 3.63) is 40.6 Å². The molecule has 0 saturated carbocycles. The van der Waals surface area contributed by atoms with Crippen LogP contribution in [-0.4, -0.2) is 15.9 Å². The summed E-state index contributed by atoms with van der Waals surface area (Å²) in [6.45, 7) is 1.78. The largest absolute Gasteiger partial charge is 0.324 e. The first-order valence-corrected chi connectivity index (χ1v) is 6.44. The summed E-state index contributed by atoms with van der Waals surface area (Å²) in [7, 11) is 0. The lowest BCUT2D eigenvalue weighted by Gasteiger charge is -2.09.